The molecule has 2 saturated carbocycles. The predicted octanol–water partition coefficient (Wildman–Crippen LogP) is 1.17. The summed E-state index contributed by atoms with van der Waals surface area (Å²) < 4.78 is 0. The van der Waals surface area contributed by atoms with Gasteiger partial charge in [0, 0.05) is 17.5 Å². The van der Waals surface area contributed by atoms with Gasteiger partial charge in [-0.3, -0.25) is 0 Å². The number of hydrogen-bond acceptors (Lipinski definition) is 1. The minimum Gasteiger partial charge on any atom is -0.310 e. The van der Waals surface area contributed by atoms with Crippen LogP contribution in [0.5, 0.6) is 0 Å². The Kier molecular flexibility index (Phi) is 0.646. The highest BCUT2D eigenvalue weighted by Gasteiger charge is 2.86. The second-order valence-corrected chi connectivity index (χ2v) is 4.13. The van der Waals surface area contributed by atoms with Gasteiger partial charge in [-0.1, -0.05) is 13.0 Å². The average molecular weight is 135 g/mol. The third-order valence-electron chi connectivity index (χ3n) is 3.81. The van der Waals surface area contributed by atoms with Crippen LogP contribution in [0.3, 0.4) is 0 Å². The van der Waals surface area contributed by atoms with Crippen molar-refractivity contribution in [3.05, 3.63) is 12.7 Å². The molecule has 1 saturated heterocycles. The quantitative estimate of drug-likeness (QED) is 0.560. The Morgan fingerprint density at radius 3 is 2.90 bits per heavy atom. The number of rotatable bonds is 2. The fourth-order valence-electron chi connectivity index (χ4n) is 3.03. The smallest absolute Gasteiger partial charge is 0.0186 e. The van der Waals surface area contributed by atoms with E-state index in [1.54, 1.807) is 0 Å². The molecule has 0 aromatic heterocycles. The van der Waals surface area contributed by atoms with Gasteiger partial charge >= 0.3 is 0 Å². The number of nitrogens with one attached hydrogen (secondary N) is 1. The molecule has 0 radical (unpaired) electrons. The fourth-order valence-corrected chi connectivity index (χ4v) is 3.03. The van der Waals surface area contributed by atoms with Crippen molar-refractivity contribution >= 4 is 0 Å². The molecular weight excluding hydrogens is 122 g/mol. The van der Waals surface area contributed by atoms with Gasteiger partial charge in [0.05, 0.1) is 0 Å². The van der Waals surface area contributed by atoms with Crippen molar-refractivity contribution in [2.24, 2.45) is 17.3 Å². The molecule has 2 aliphatic carbocycles. The van der Waals surface area contributed by atoms with Crippen LogP contribution < -0.4 is 5.32 Å². The molecule has 10 heavy (non-hydrogen) atoms. The molecule has 0 aromatic carbocycles. The summed E-state index contributed by atoms with van der Waals surface area (Å²) in [6.45, 7) is 6.13. The van der Waals surface area contributed by atoms with Gasteiger partial charge in [-0.15, -0.1) is 6.58 Å². The SMILES string of the molecule is C=C[C@@H](C)[C@H]1[C@H]2N[C@H]3CC132. The predicted molar refractivity (Wildman–Crippen MR) is 40.6 cm³/mol. The lowest BCUT2D eigenvalue weighted by molar-refractivity contribution is 0.499. The van der Waals surface area contributed by atoms with Gasteiger partial charge in [0.2, 0.25) is 0 Å². The first-order valence-electron chi connectivity index (χ1n) is 4.19. The topological polar surface area (TPSA) is 12.0 Å². The van der Waals surface area contributed by atoms with Crippen LogP contribution in [-0.4, -0.2) is 12.1 Å². The molecule has 3 aliphatic rings. The minimum atomic E-state index is 0.741. The van der Waals surface area contributed by atoms with Crippen molar-refractivity contribution in [2.45, 2.75) is 25.4 Å². The van der Waals surface area contributed by atoms with Gasteiger partial charge < -0.3 is 5.32 Å². The molecule has 3 fully saturated rings. The van der Waals surface area contributed by atoms with Crippen molar-refractivity contribution in [1.82, 2.24) is 5.32 Å². The van der Waals surface area contributed by atoms with Gasteiger partial charge in [0.15, 0.2) is 0 Å². The second-order valence-electron chi connectivity index (χ2n) is 4.13. The fraction of sp³-hybridized carbons (Fsp3) is 0.778. The van der Waals surface area contributed by atoms with Crippen LogP contribution in [0.1, 0.15) is 13.3 Å². The maximum absolute atomic E-state index is 3.84. The van der Waals surface area contributed by atoms with Crippen LogP contribution >= 0.6 is 0 Å². The van der Waals surface area contributed by atoms with Gasteiger partial charge in [0.25, 0.3) is 0 Å². The summed E-state index contributed by atoms with van der Waals surface area (Å²) in [5.74, 6) is 1.69. The molecular formula is C9H13N. The average Bonchev–Trinajstić information content (AvgIpc) is 2.72. The first-order chi connectivity index (χ1) is 4.80. The molecule has 54 valence electrons. The lowest BCUT2D eigenvalue weighted by Gasteiger charge is -2.08. The first kappa shape index (κ1) is 5.36. The van der Waals surface area contributed by atoms with Crippen LogP contribution in [0, 0.1) is 17.3 Å². The van der Waals surface area contributed by atoms with Gasteiger partial charge in [-0.05, 0) is 18.3 Å². The van der Waals surface area contributed by atoms with Gasteiger partial charge in [-0.25, -0.2) is 0 Å². The summed E-state index contributed by atoms with van der Waals surface area (Å²) >= 11 is 0. The van der Waals surface area contributed by atoms with Crippen LogP contribution in [0.2, 0.25) is 0 Å². The molecule has 0 bridgehead atoms. The van der Waals surface area contributed by atoms with Crippen LogP contribution in [-0.2, 0) is 0 Å². The summed E-state index contributed by atoms with van der Waals surface area (Å²) in [6.07, 6.45) is 3.56. The zero-order valence-corrected chi connectivity index (χ0v) is 6.30. The third-order valence-corrected chi connectivity index (χ3v) is 3.81. The normalized spacial score (nSPS) is 63.1. The molecule has 1 spiro atoms. The zero-order valence-electron chi connectivity index (χ0n) is 6.30. The molecule has 0 amide bonds. The molecule has 3 rings (SSSR count). The number of piperidine rings is 1. The summed E-state index contributed by atoms with van der Waals surface area (Å²) in [5.41, 5.74) is 0.813. The first-order valence-corrected chi connectivity index (χ1v) is 4.19. The van der Waals surface area contributed by atoms with Crippen molar-refractivity contribution < 1.29 is 0 Å². The van der Waals surface area contributed by atoms with Crippen molar-refractivity contribution in [3.63, 3.8) is 0 Å². The Balaban J connectivity index is 1.82. The van der Waals surface area contributed by atoms with Crippen LogP contribution in [0.15, 0.2) is 12.7 Å². The van der Waals surface area contributed by atoms with E-state index in [0.717, 1.165) is 29.3 Å². The van der Waals surface area contributed by atoms with E-state index < -0.39 is 0 Å². The summed E-state index contributed by atoms with van der Waals surface area (Å²) in [7, 11) is 0. The molecule has 0 aromatic rings. The lowest BCUT2D eigenvalue weighted by atomic mass is 10.0. The van der Waals surface area contributed by atoms with Crippen molar-refractivity contribution in [2.75, 3.05) is 0 Å². The molecule has 1 aliphatic heterocycles. The maximum Gasteiger partial charge on any atom is 0.0186 e. The van der Waals surface area contributed by atoms with Gasteiger partial charge in [-0.2, -0.15) is 0 Å². The van der Waals surface area contributed by atoms with E-state index >= 15 is 0 Å². The minimum absolute atomic E-state index is 0.741. The Hall–Kier alpha value is -0.300. The summed E-state index contributed by atoms with van der Waals surface area (Å²) in [5, 5.41) is 3.56. The third kappa shape index (κ3) is 0.323. The molecule has 1 heteroatoms. The van der Waals surface area contributed by atoms with Crippen LogP contribution in [0.25, 0.3) is 0 Å². The number of allylic oxidation sites excluding steroid dienone is 1. The second kappa shape index (κ2) is 1.20. The standard InChI is InChI=1S/C9H13N/c1-3-5(2)7-8-9(7)4-6(9)10-8/h3,5-8,10H,1,4H2,2H3/t5-,6+,7+,8-,9?/m1/s1. The zero-order chi connectivity index (χ0) is 6.93. The van der Waals surface area contributed by atoms with E-state index in [0.29, 0.717) is 0 Å². The van der Waals surface area contributed by atoms with Crippen molar-refractivity contribution in [3.8, 4) is 0 Å². The van der Waals surface area contributed by atoms with E-state index in [2.05, 4.69) is 24.9 Å². The molecule has 1 unspecified atom stereocenters. The largest absolute Gasteiger partial charge is 0.310 e. The maximum atomic E-state index is 3.84. The molecule has 1 N–H and O–H groups in total. The Morgan fingerprint density at radius 1 is 1.80 bits per heavy atom. The van der Waals surface area contributed by atoms with E-state index in [1.807, 2.05) is 0 Å². The summed E-state index contributed by atoms with van der Waals surface area (Å²) in [6, 6.07) is 1.82. The summed E-state index contributed by atoms with van der Waals surface area (Å²) in [4.78, 5) is 0. The van der Waals surface area contributed by atoms with Crippen LogP contribution in [0.4, 0.5) is 0 Å². The van der Waals surface area contributed by atoms with Gasteiger partial charge in [0.1, 0.15) is 0 Å². The monoisotopic (exact) mass is 135 g/mol. The molecule has 5 atom stereocenters. The lowest BCUT2D eigenvalue weighted by Crippen LogP contribution is -2.32. The highest BCUT2D eigenvalue weighted by molar-refractivity contribution is 5.42. The number of hydrogen-bond donors (Lipinski definition) is 1. The highest BCUT2D eigenvalue weighted by atomic mass is 15.3. The molecule has 1 heterocycles. The van der Waals surface area contributed by atoms with Crippen molar-refractivity contribution in [1.29, 1.82) is 0 Å². The Morgan fingerprint density at radius 2 is 2.60 bits per heavy atom. The molecule has 1 nitrogen and oxygen atoms in total. The Labute approximate surface area is 61.5 Å². The van der Waals surface area contributed by atoms with E-state index in [9.17, 15) is 0 Å². The van der Waals surface area contributed by atoms with E-state index in [4.69, 9.17) is 0 Å². The highest BCUT2D eigenvalue weighted by Crippen LogP contribution is 2.79. The van der Waals surface area contributed by atoms with E-state index in [1.165, 1.54) is 6.42 Å². The van der Waals surface area contributed by atoms with E-state index in [-0.39, 0.29) is 0 Å². The Bertz CT molecular complexity index is 209.